The van der Waals surface area contributed by atoms with E-state index in [9.17, 15) is 14.9 Å². The van der Waals surface area contributed by atoms with Crippen LogP contribution in [0, 0.1) is 34.3 Å². The van der Waals surface area contributed by atoms with E-state index in [1.54, 1.807) is 17.8 Å². The summed E-state index contributed by atoms with van der Waals surface area (Å²) in [5.41, 5.74) is 1.19. The molecule has 2 heterocycles. The Morgan fingerprint density at radius 2 is 1.86 bits per heavy atom. The zero-order valence-electron chi connectivity index (χ0n) is 20.5. The van der Waals surface area contributed by atoms with Crippen LogP contribution in [-0.2, 0) is 16.9 Å². The number of hydrogen-bond acceptors (Lipinski definition) is 5. The van der Waals surface area contributed by atoms with Gasteiger partial charge in [-0.1, -0.05) is 53.5 Å². The maximum absolute atomic E-state index is 13.3. The molecule has 1 aromatic carbocycles. The van der Waals surface area contributed by atoms with Gasteiger partial charge in [0.1, 0.15) is 5.02 Å². The standard InChI is InChI=1S/C26H28Cl2N6O3/c1-16-22(28)24(34(36)37)31-33(16)26-10-18-7-19(11-26)9-25(8-18,15-26)12-21(35)29-23-20(27)14-32(30-23)13-17-5-3-2-4-6-17/h2-6,14,18-19H,7-13,15H2,1H3,(H,29,30,35). The minimum Gasteiger partial charge on any atom is -0.358 e. The molecule has 2 unspecified atom stereocenters. The molecule has 194 valence electrons. The van der Waals surface area contributed by atoms with Crippen molar-refractivity contribution in [3.63, 3.8) is 0 Å². The second-order valence-electron chi connectivity index (χ2n) is 11.3. The molecule has 0 saturated heterocycles. The van der Waals surface area contributed by atoms with Crippen molar-refractivity contribution in [2.45, 2.75) is 64.0 Å². The largest absolute Gasteiger partial charge is 0.408 e. The third kappa shape index (κ3) is 4.32. The van der Waals surface area contributed by atoms with E-state index in [1.807, 2.05) is 35.0 Å². The molecule has 4 aliphatic carbocycles. The van der Waals surface area contributed by atoms with Crippen LogP contribution in [0.2, 0.25) is 10.0 Å². The minimum atomic E-state index is -0.518. The number of benzene rings is 1. The third-order valence-electron chi connectivity index (χ3n) is 8.50. The molecule has 2 aromatic heterocycles. The molecule has 4 fully saturated rings. The summed E-state index contributed by atoms with van der Waals surface area (Å²) in [6.45, 7) is 2.36. The second-order valence-corrected chi connectivity index (χ2v) is 12.1. The Morgan fingerprint density at radius 1 is 1.16 bits per heavy atom. The molecule has 1 amide bonds. The molecular weight excluding hydrogens is 515 g/mol. The van der Waals surface area contributed by atoms with E-state index in [1.165, 1.54) is 0 Å². The van der Waals surface area contributed by atoms with E-state index in [2.05, 4.69) is 15.5 Å². The first-order valence-corrected chi connectivity index (χ1v) is 13.4. The normalized spacial score (nSPS) is 28.0. The number of nitrogens with one attached hydrogen (secondary N) is 1. The third-order valence-corrected chi connectivity index (χ3v) is 9.22. The molecule has 1 N–H and O–H groups in total. The fourth-order valence-corrected chi connectivity index (χ4v) is 8.14. The summed E-state index contributed by atoms with van der Waals surface area (Å²) < 4.78 is 3.55. The number of aromatic nitrogens is 4. The molecule has 2 atom stereocenters. The van der Waals surface area contributed by atoms with Gasteiger partial charge in [0, 0.05) is 12.6 Å². The molecule has 7 rings (SSSR count). The summed E-state index contributed by atoms with van der Waals surface area (Å²) in [6.07, 6.45) is 7.76. The molecule has 0 spiro atoms. The monoisotopic (exact) mass is 542 g/mol. The molecule has 4 bridgehead atoms. The Balaban J connectivity index is 1.21. The molecule has 0 radical (unpaired) electrons. The van der Waals surface area contributed by atoms with Crippen LogP contribution >= 0.6 is 23.2 Å². The molecule has 37 heavy (non-hydrogen) atoms. The minimum absolute atomic E-state index is 0.105. The van der Waals surface area contributed by atoms with Crippen LogP contribution in [0.25, 0.3) is 0 Å². The predicted molar refractivity (Wildman–Crippen MR) is 140 cm³/mol. The summed E-state index contributed by atoms with van der Waals surface area (Å²) in [4.78, 5) is 24.3. The molecule has 4 saturated carbocycles. The lowest BCUT2D eigenvalue weighted by Crippen LogP contribution is -2.57. The summed E-state index contributed by atoms with van der Waals surface area (Å²) in [6, 6.07) is 9.93. The van der Waals surface area contributed by atoms with Gasteiger partial charge in [-0.3, -0.25) is 9.48 Å². The SMILES string of the molecule is Cc1c(Cl)c([N+](=O)[O-])nn1C12CC3CC(CC(CC(=O)Nc4nn(Cc5ccccc5)cc4Cl)(C3)C1)C2. The highest BCUT2D eigenvalue weighted by atomic mass is 35.5. The number of nitrogens with zero attached hydrogens (tertiary/aromatic N) is 5. The average molecular weight is 543 g/mol. The zero-order valence-corrected chi connectivity index (χ0v) is 22.0. The van der Waals surface area contributed by atoms with Crippen molar-refractivity contribution in [1.29, 1.82) is 0 Å². The number of amides is 1. The van der Waals surface area contributed by atoms with Gasteiger partial charge in [0.2, 0.25) is 5.91 Å². The summed E-state index contributed by atoms with van der Waals surface area (Å²) >= 11 is 12.7. The highest BCUT2D eigenvalue weighted by Gasteiger charge is 2.60. The van der Waals surface area contributed by atoms with Crippen molar-refractivity contribution in [3.8, 4) is 0 Å². The van der Waals surface area contributed by atoms with Crippen molar-refractivity contribution in [2.24, 2.45) is 17.3 Å². The van der Waals surface area contributed by atoms with Crippen LogP contribution in [0.1, 0.15) is 56.2 Å². The Morgan fingerprint density at radius 3 is 2.51 bits per heavy atom. The van der Waals surface area contributed by atoms with Gasteiger partial charge in [-0.05, 0) is 73.2 Å². The van der Waals surface area contributed by atoms with E-state index in [0.29, 0.717) is 41.3 Å². The van der Waals surface area contributed by atoms with Gasteiger partial charge in [-0.15, -0.1) is 0 Å². The van der Waals surface area contributed by atoms with Crippen molar-refractivity contribution in [1.82, 2.24) is 19.6 Å². The number of rotatable bonds is 7. The van der Waals surface area contributed by atoms with Gasteiger partial charge in [0.05, 0.1) is 22.9 Å². The topological polar surface area (TPSA) is 108 Å². The number of anilines is 1. The van der Waals surface area contributed by atoms with Crippen LogP contribution in [-0.4, -0.2) is 30.4 Å². The average Bonchev–Trinajstić information content (AvgIpc) is 3.31. The molecule has 3 aromatic rings. The van der Waals surface area contributed by atoms with Crippen molar-refractivity contribution >= 4 is 40.7 Å². The van der Waals surface area contributed by atoms with Gasteiger partial charge in [0.25, 0.3) is 0 Å². The number of halogens is 2. The molecule has 9 nitrogen and oxygen atoms in total. The molecule has 4 aliphatic rings. The Hall–Kier alpha value is -2.91. The van der Waals surface area contributed by atoms with E-state index < -0.39 is 4.92 Å². The van der Waals surface area contributed by atoms with Crippen LogP contribution in [0.5, 0.6) is 0 Å². The Bertz CT molecular complexity index is 1370. The van der Waals surface area contributed by atoms with Crippen LogP contribution in [0.3, 0.4) is 0 Å². The predicted octanol–water partition coefficient (Wildman–Crippen LogP) is 5.98. The first kappa shape index (κ1) is 24.4. The van der Waals surface area contributed by atoms with Crippen LogP contribution in [0.15, 0.2) is 36.5 Å². The quantitative estimate of drug-likeness (QED) is 0.292. The van der Waals surface area contributed by atoms with Gasteiger partial charge in [0.15, 0.2) is 10.8 Å². The second kappa shape index (κ2) is 8.84. The van der Waals surface area contributed by atoms with Gasteiger partial charge < -0.3 is 15.4 Å². The molecule has 0 aliphatic heterocycles. The van der Waals surface area contributed by atoms with Crippen molar-refractivity contribution in [3.05, 3.63) is 67.9 Å². The van der Waals surface area contributed by atoms with Crippen LogP contribution < -0.4 is 5.32 Å². The van der Waals surface area contributed by atoms with E-state index >= 15 is 0 Å². The number of carbonyl (C=O) groups excluding carboxylic acids is 1. The van der Waals surface area contributed by atoms with Gasteiger partial charge in [-0.25, -0.2) is 0 Å². The van der Waals surface area contributed by atoms with Gasteiger partial charge in [-0.2, -0.15) is 9.78 Å². The number of nitro groups is 1. The lowest BCUT2D eigenvalue weighted by molar-refractivity contribution is -0.389. The van der Waals surface area contributed by atoms with E-state index in [4.69, 9.17) is 23.2 Å². The lowest BCUT2D eigenvalue weighted by atomic mass is 9.46. The maximum atomic E-state index is 13.3. The van der Waals surface area contributed by atoms with E-state index in [0.717, 1.165) is 44.1 Å². The summed E-state index contributed by atoms with van der Waals surface area (Å²) in [5, 5.41) is 23.8. The van der Waals surface area contributed by atoms with Crippen molar-refractivity contribution < 1.29 is 9.72 Å². The highest BCUT2D eigenvalue weighted by molar-refractivity contribution is 6.33. The maximum Gasteiger partial charge on any atom is 0.408 e. The fraction of sp³-hybridized carbons (Fsp3) is 0.500. The van der Waals surface area contributed by atoms with Crippen LogP contribution in [0.4, 0.5) is 11.6 Å². The zero-order chi connectivity index (χ0) is 25.9. The van der Waals surface area contributed by atoms with E-state index in [-0.39, 0.29) is 27.7 Å². The summed E-state index contributed by atoms with van der Waals surface area (Å²) in [5.74, 6) is 0.897. The first-order chi connectivity index (χ1) is 17.7. The molecule has 11 heteroatoms. The fourth-order valence-electron chi connectivity index (χ4n) is 7.75. The van der Waals surface area contributed by atoms with Gasteiger partial charge >= 0.3 is 5.82 Å². The summed E-state index contributed by atoms with van der Waals surface area (Å²) in [7, 11) is 0. The number of carbonyl (C=O) groups is 1. The van der Waals surface area contributed by atoms with Crippen molar-refractivity contribution in [2.75, 3.05) is 5.32 Å². The highest BCUT2D eigenvalue weighted by Crippen LogP contribution is 2.65. The lowest BCUT2D eigenvalue weighted by Gasteiger charge is -2.61. The molecular formula is C26H28Cl2N6O3. The smallest absolute Gasteiger partial charge is 0.358 e. The first-order valence-electron chi connectivity index (χ1n) is 12.6. The Labute approximate surface area is 224 Å². The Kier molecular flexibility index (Phi) is 5.84. The number of hydrogen-bond donors (Lipinski definition) is 1.